The molecule has 1 aliphatic rings. The van der Waals surface area contributed by atoms with Crippen molar-refractivity contribution in [1.82, 2.24) is 5.32 Å². The van der Waals surface area contributed by atoms with Crippen molar-refractivity contribution in [2.45, 2.75) is 52.0 Å². The quantitative estimate of drug-likeness (QED) is 0.836. The zero-order valence-electron chi connectivity index (χ0n) is 11.7. The Morgan fingerprint density at radius 1 is 1.11 bits per heavy atom. The van der Waals surface area contributed by atoms with Crippen molar-refractivity contribution in [3.05, 3.63) is 33.3 Å². The molecular weight excluding hydrogens is 286 g/mol. The van der Waals surface area contributed by atoms with Crippen LogP contribution >= 0.6 is 15.9 Å². The van der Waals surface area contributed by atoms with Crippen LogP contribution in [0.4, 0.5) is 0 Å². The lowest BCUT2D eigenvalue weighted by molar-refractivity contribution is 0.281. The Morgan fingerprint density at radius 2 is 1.78 bits per heavy atom. The minimum atomic E-state index is 0.525. The molecule has 2 heteroatoms. The lowest BCUT2D eigenvalue weighted by Crippen LogP contribution is -2.27. The summed E-state index contributed by atoms with van der Waals surface area (Å²) in [6.07, 6.45) is 6.97. The number of hydrogen-bond acceptors (Lipinski definition) is 1. The first-order valence-electron chi connectivity index (χ1n) is 7.07. The van der Waals surface area contributed by atoms with Gasteiger partial charge in [0.15, 0.2) is 0 Å². The second kappa shape index (κ2) is 6.21. The molecule has 1 fully saturated rings. The highest BCUT2D eigenvalue weighted by Crippen LogP contribution is 2.36. The molecule has 1 nitrogen and oxygen atoms in total. The minimum Gasteiger partial charge on any atom is -0.313 e. The van der Waals surface area contributed by atoms with Gasteiger partial charge in [0.05, 0.1) is 0 Å². The second-order valence-corrected chi connectivity index (χ2v) is 6.48. The number of hydrogen-bond donors (Lipinski definition) is 1. The monoisotopic (exact) mass is 309 g/mol. The third-order valence-corrected chi connectivity index (χ3v) is 5.17. The Balaban J connectivity index is 2.28. The van der Waals surface area contributed by atoms with E-state index in [9.17, 15) is 0 Å². The number of rotatable bonds is 3. The second-order valence-electron chi connectivity index (χ2n) is 5.62. The Morgan fingerprint density at radius 3 is 2.39 bits per heavy atom. The molecule has 100 valence electrons. The molecule has 1 saturated carbocycles. The maximum atomic E-state index is 3.63. The maximum Gasteiger partial charge on any atom is 0.0348 e. The smallest absolute Gasteiger partial charge is 0.0348 e. The molecule has 1 aromatic rings. The van der Waals surface area contributed by atoms with Crippen LogP contribution in [0.5, 0.6) is 0 Å². The van der Waals surface area contributed by atoms with Gasteiger partial charge in [-0.05, 0) is 62.4 Å². The van der Waals surface area contributed by atoms with Crippen molar-refractivity contribution in [2.75, 3.05) is 7.05 Å². The van der Waals surface area contributed by atoms with Crippen LogP contribution < -0.4 is 5.32 Å². The van der Waals surface area contributed by atoms with Crippen LogP contribution in [-0.4, -0.2) is 7.05 Å². The van der Waals surface area contributed by atoms with Gasteiger partial charge in [-0.3, -0.25) is 0 Å². The highest BCUT2D eigenvalue weighted by molar-refractivity contribution is 9.10. The van der Waals surface area contributed by atoms with E-state index in [2.05, 4.69) is 54.3 Å². The van der Waals surface area contributed by atoms with Gasteiger partial charge in [-0.25, -0.2) is 0 Å². The van der Waals surface area contributed by atoms with Gasteiger partial charge < -0.3 is 5.32 Å². The Bertz CT molecular complexity index is 408. The largest absolute Gasteiger partial charge is 0.313 e. The van der Waals surface area contributed by atoms with Gasteiger partial charge in [0.1, 0.15) is 0 Å². The van der Waals surface area contributed by atoms with Gasteiger partial charge in [0, 0.05) is 10.5 Å². The molecule has 0 radical (unpaired) electrons. The van der Waals surface area contributed by atoms with Gasteiger partial charge in [0.25, 0.3) is 0 Å². The topological polar surface area (TPSA) is 12.0 Å². The summed E-state index contributed by atoms with van der Waals surface area (Å²) < 4.78 is 1.22. The highest BCUT2D eigenvalue weighted by Gasteiger charge is 2.25. The van der Waals surface area contributed by atoms with E-state index >= 15 is 0 Å². The molecule has 1 aliphatic carbocycles. The molecular formula is C16H24BrN. The predicted molar refractivity (Wildman–Crippen MR) is 82.0 cm³/mol. The Labute approximate surface area is 119 Å². The first kappa shape index (κ1) is 14.1. The van der Waals surface area contributed by atoms with Crippen LogP contribution in [0.1, 0.15) is 54.8 Å². The SMILES string of the molecule is CNC(c1cc(C)c(Br)cc1C)C1CCCCC1. The summed E-state index contributed by atoms with van der Waals surface area (Å²) in [6.45, 7) is 4.41. The van der Waals surface area contributed by atoms with Crippen molar-refractivity contribution >= 4 is 15.9 Å². The standard InChI is InChI=1S/C16H24BrN/c1-11-10-15(17)12(2)9-14(11)16(18-3)13-7-5-4-6-8-13/h9-10,13,16,18H,4-8H2,1-3H3. The first-order valence-corrected chi connectivity index (χ1v) is 7.86. The minimum absolute atomic E-state index is 0.525. The van der Waals surface area contributed by atoms with Crippen molar-refractivity contribution in [1.29, 1.82) is 0 Å². The van der Waals surface area contributed by atoms with Crippen molar-refractivity contribution in [3.8, 4) is 0 Å². The van der Waals surface area contributed by atoms with E-state index in [0.717, 1.165) is 5.92 Å². The number of benzene rings is 1. The molecule has 0 bridgehead atoms. The van der Waals surface area contributed by atoms with Gasteiger partial charge in [-0.1, -0.05) is 41.3 Å². The normalized spacial score (nSPS) is 18.9. The summed E-state index contributed by atoms with van der Waals surface area (Å²) in [6, 6.07) is 5.14. The summed E-state index contributed by atoms with van der Waals surface area (Å²) in [7, 11) is 2.11. The summed E-state index contributed by atoms with van der Waals surface area (Å²) in [5.41, 5.74) is 4.23. The predicted octanol–water partition coefficient (Wildman–Crippen LogP) is 4.91. The fraction of sp³-hybridized carbons (Fsp3) is 0.625. The van der Waals surface area contributed by atoms with Gasteiger partial charge in [-0.2, -0.15) is 0 Å². The molecule has 18 heavy (non-hydrogen) atoms. The Kier molecular flexibility index (Phi) is 4.85. The summed E-state index contributed by atoms with van der Waals surface area (Å²) >= 11 is 3.63. The zero-order chi connectivity index (χ0) is 13.1. The van der Waals surface area contributed by atoms with Crippen LogP contribution in [0.3, 0.4) is 0 Å². The van der Waals surface area contributed by atoms with E-state index < -0.39 is 0 Å². The Hall–Kier alpha value is -0.340. The van der Waals surface area contributed by atoms with E-state index in [4.69, 9.17) is 0 Å². The average Bonchev–Trinajstić information content (AvgIpc) is 2.38. The fourth-order valence-electron chi connectivity index (χ4n) is 3.25. The molecule has 2 rings (SSSR count). The van der Waals surface area contributed by atoms with Crippen LogP contribution in [-0.2, 0) is 0 Å². The van der Waals surface area contributed by atoms with Gasteiger partial charge in [0.2, 0.25) is 0 Å². The van der Waals surface area contributed by atoms with E-state index in [1.165, 1.54) is 53.3 Å². The molecule has 0 aliphatic heterocycles. The molecule has 0 saturated heterocycles. The molecule has 0 amide bonds. The zero-order valence-corrected chi connectivity index (χ0v) is 13.3. The van der Waals surface area contributed by atoms with Gasteiger partial charge >= 0.3 is 0 Å². The molecule has 0 aromatic heterocycles. The summed E-state index contributed by atoms with van der Waals surface area (Å²) in [5.74, 6) is 0.808. The first-order chi connectivity index (χ1) is 8.63. The third-order valence-electron chi connectivity index (χ3n) is 4.31. The van der Waals surface area contributed by atoms with Crippen molar-refractivity contribution in [3.63, 3.8) is 0 Å². The summed E-state index contributed by atoms with van der Waals surface area (Å²) in [4.78, 5) is 0. The van der Waals surface area contributed by atoms with E-state index in [1.54, 1.807) is 0 Å². The number of aryl methyl sites for hydroxylation is 2. The highest BCUT2D eigenvalue weighted by atomic mass is 79.9. The number of nitrogens with one attached hydrogen (secondary N) is 1. The molecule has 1 unspecified atom stereocenters. The van der Waals surface area contributed by atoms with Crippen molar-refractivity contribution < 1.29 is 0 Å². The van der Waals surface area contributed by atoms with Crippen LogP contribution in [0.25, 0.3) is 0 Å². The molecule has 0 heterocycles. The third kappa shape index (κ3) is 2.97. The van der Waals surface area contributed by atoms with E-state index in [-0.39, 0.29) is 0 Å². The maximum absolute atomic E-state index is 3.63. The van der Waals surface area contributed by atoms with Crippen LogP contribution in [0.15, 0.2) is 16.6 Å². The van der Waals surface area contributed by atoms with Gasteiger partial charge in [-0.15, -0.1) is 0 Å². The lowest BCUT2D eigenvalue weighted by atomic mass is 9.80. The molecule has 1 atom stereocenters. The summed E-state index contributed by atoms with van der Waals surface area (Å²) in [5, 5.41) is 3.56. The fourth-order valence-corrected chi connectivity index (χ4v) is 3.71. The van der Waals surface area contributed by atoms with Crippen LogP contribution in [0.2, 0.25) is 0 Å². The average molecular weight is 310 g/mol. The molecule has 1 aromatic carbocycles. The van der Waals surface area contributed by atoms with E-state index in [0.29, 0.717) is 6.04 Å². The van der Waals surface area contributed by atoms with Crippen LogP contribution in [0, 0.1) is 19.8 Å². The number of halogens is 1. The molecule has 0 spiro atoms. The van der Waals surface area contributed by atoms with Crippen molar-refractivity contribution in [2.24, 2.45) is 5.92 Å². The molecule has 1 N–H and O–H groups in total. The lowest BCUT2D eigenvalue weighted by Gasteiger charge is -2.31. The van der Waals surface area contributed by atoms with E-state index in [1.807, 2.05) is 0 Å².